The molecule has 1 nitrogen and oxygen atoms in total. The Balaban J connectivity index is 1.96. The molecular weight excluding hydrogens is 182 g/mol. The van der Waals surface area contributed by atoms with E-state index >= 15 is 0 Å². The fourth-order valence-corrected chi connectivity index (χ4v) is 1.58. The summed E-state index contributed by atoms with van der Waals surface area (Å²) in [5, 5.41) is 0. The van der Waals surface area contributed by atoms with Crippen molar-refractivity contribution in [2.45, 2.75) is 19.8 Å². The molecule has 1 heteroatoms. The van der Waals surface area contributed by atoms with E-state index in [2.05, 4.69) is 47.4 Å². The minimum Gasteiger partial charge on any atom is -0.261 e. The van der Waals surface area contributed by atoms with E-state index in [1.54, 1.807) is 0 Å². The molecule has 0 radical (unpaired) electrons. The number of aromatic nitrogens is 1. The normalized spacial score (nSPS) is 10.2. The van der Waals surface area contributed by atoms with Gasteiger partial charge in [-0.1, -0.05) is 36.4 Å². The third-order valence-corrected chi connectivity index (χ3v) is 2.52. The Morgan fingerprint density at radius 1 is 0.867 bits per heavy atom. The predicted octanol–water partition coefficient (Wildman–Crippen LogP) is 3.18. The van der Waals surface area contributed by atoms with Gasteiger partial charge in [0.1, 0.15) is 0 Å². The van der Waals surface area contributed by atoms with Crippen LogP contribution in [0.5, 0.6) is 0 Å². The van der Waals surface area contributed by atoms with Crippen LogP contribution in [-0.2, 0) is 12.8 Å². The summed E-state index contributed by atoms with van der Waals surface area (Å²) in [5.41, 5.74) is 3.78. The van der Waals surface area contributed by atoms with Crippen LogP contribution in [0.25, 0.3) is 0 Å². The SMILES string of the molecule is Cc1ccc(CCc2ccccc2)cn1. The fraction of sp³-hybridized carbons (Fsp3) is 0.214. The first-order valence-corrected chi connectivity index (χ1v) is 5.30. The third-order valence-electron chi connectivity index (χ3n) is 2.52. The molecule has 1 aromatic carbocycles. The number of pyridine rings is 1. The lowest BCUT2D eigenvalue weighted by Crippen LogP contribution is -1.92. The summed E-state index contributed by atoms with van der Waals surface area (Å²) >= 11 is 0. The Morgan fingerprint density at radius 3 is 2.27 bits per heavy atom. The van der Waals surface area contributed by atoms with E-state index in [0.717, 1.165) is 18.5 Å². The maximum atomic E-state index is 4.29. The molecule has 76 valence electrons. The van der Waals surface area contributed by atoms with Gasteiger partial charge in [0.15, 0.2) is 0 Å². The number of benzene rings is 1. The molecular formula is C14H15N. The second-order valence-electron chi connectivity index (χ2n) is 3.79. The molecule has 0 saturated carbocycles. The highest BCUT2D eigenvalue weighted by atomic mass is 14.6. The molecule has 0 aliphatic rings. The average Bonchev–Trinajstić information content (AvgIpc) is 2.30. The molecule has 0 aliphatic carbocycles. The predicted molar refractivity (Wildman–Crippen MR) is 62.8 cm³/mol. The zero-order chi connectivity index (χ0) is 10.5. The van der Waals surface area contributed by atoms with Crippen molar-refractivity contribution >= 4 is 0 Å². The maximum Gasteiger partial charge on any atom is 0.0372 e. The smallest absolute Gasteiger partial charge is 0.0372 e. The molecule has 0 bridgehead atoms. The summed E-state index contributed by atoms with van der Waals surface area (Å²) in [7, 11) is 0. The van der Waals surface area contributed by atoms with Crippen molar-refractivity contribution in [1.29, 1.82) is 0 Å². The number of hydrogen-bond acceptors (Lipinski definition) is 1. The second kappa shape index (κ2) is 4.74. The van der Waals surface area contributed by atoms with Crippen LogP contribution < -0.4 is 0 Å². The molecule has 0 atom stereocenters. The van der Waals surface area contributed by atoms with Crippen molar-refractivity contribution in [1.82, 2.24) is 4.98 Å². The fourth-order valence-electron chi connectivity index (χ4n) is 1.58. The highest BCUT2D eigenvalue weighted by Crippen LogP contribution is 2.06. The zero-order valence-electron chi connectivity index (χ0n) is 8.98. The molecule has 0 unspecified atom stereocenters. The third kappa shape index (κ3) is 2.91. The van der Waals surface area contributed by atoms with Crippen LogP contribution in [0.2, 0.25) is 0 Å². The summed E-state index contributed by atoms with van der Waals surface area (Å²) in [6, 6.07) is 14.8. The summed E-state index contributed by atoms with van der Waals surface area (Å²) in [5.74, 6) is 0. The monoisotopic (exact) mass is 197 g/mol. The number of nitrogens with zero attached hydrogens (tertiary/aromatic N) is 1. The summed E-state index contributed by atoms with van der Waals surface area (Å²) in [6.45, 7) is 2.01. The molecule has 2 aromatic rings. The topological polar surface area (TPSA) is 12.9 Å². The molecule has 2 rings (SSSR count). The van der Waals surface area contributed by atoms with Crippen LogP contribution in [0.15, 0.2) is 48.7 Å². The molecule has 0 amide bonds. The molecule has 0 N–H and O–H groups in total. The largest absolute Gasteiger partial charge is 0.261 e. The first-order chi connectivity index (χ1) is 7.34. The Kier molecular flexibility index (Phi) is 3.13. The zero-order valence-corrected chi connectivity index (χ0v) is 8.98. The molecule has 1 heterocycles. The van der Waals surface area contributed by atoms with Crippen LogP contribution in [0.3, 0.4) is 0 Å². The van der Waals surface area contributed by atoms with Gasteiger partial charge in [-0.3, -0.25) is 4.98 Å². The van der Waals surface area contributed by atoms with Crippen molar-refractivity contribution in [2.24, 2.45) is 0 Å². The van der Waals surface area contributed by atoms with E-state index in [0.29, 0.717) is 0 Å². The van der Waals surface area contributed by atoms with Gasteiger partial charge in [-0.25, -0.2) is 0 Å². The quantitative estimate of drug-likeness (QED) is 0.736. The lowest BCUT2D eigenvalue weighted by Gasteiger charge is -2.01. The standard InChI is InChI=1S/C14H15N/c1-12-7-8-14(11-15-12)10-9-13-5-3-2-4-6-13/h2-8,11H,9-10H2,1H3. The molecule has 0 spiro atoms. The van der Waals surface area contributed by atoms with Gasteiger partial charge in [0.2, 0.25) is 0 Å². The van der Waals surface area contributed by atoms with Gasteiger partial charge in [-0.2, -0.15) is 0 Å². The van der Waals surface area contributed by atoms with Gasteiger partial charge in [0.25, 0.3) is 0 Å². The van der Waals surface area contributed by atoms with Crippen LogP contribution in [0, 0.1) is 6.92 Å². The molecule has 0 saturated heterocycles. The van der Waals surface area contributed by atoms with Gasteiger partial charge in [0, 0.05) is 11.9 Å². The minimum atomic E-state index is 1.07. The summed E-state index contributed by atoms with van der Waals surface area (Å²) < 4.78 is 0. The lowest BCUT2D eigenvalue weighted by molar-refractivity contribution is 0.945. The molecule has 0 aliphatic heterocycles. The first-order valence-electron chi connectivity index (χ1n) is 5.30. The van der Waals surface area contributed by atoms with Gasteiger partial charge in [0.05, 0.1) is 0 Å². The van der Waals surface area contributed by atoms with Crippen molar-refractivity contribution in [3.05, 3.63) is 65.5 Å². The van der Waals surface area contributed by atoms with Crippen LogP contribution >= 0.6 is 0 Å². The summed E-state index contributed by atoms with van der Waals surface area (Å²) in [4.78, 5) is 4.29. The van der Waals surface area contributed by atoms with Crippen molar-refractivity contribution < 1.29 is 0 Å². The van der Waals surface area contributed by atoms with Crippen LogP contribution in [-0.4, -0.2) is 4.98 Å². The Bertz CT molecular complexity index is 403. The van der Waals surface area contributed by atoms with Crippen LogP contribution in [0.1, 0.15) is 16.8 Å². The van der Waals surface area contributed by atoms with Crippen molar-refractivity contribution in [3.63, 3.8) is 0 Å². The van der Waals surface area contributed by atoms with Crippen molar-refractivity contribution in [3.8, 4) is 0 Å². The van der Waals surface area contributed by atoms with E-state index in [4.69, 9.17) is 0 Å². The molecule has 15 heavy (non-hydrogen) atoms. The van der Waals surface area contributed by atoms with Gasteiger partial charge >= 0.3 is 0 Å². The maximum absolute atomic E-state index is 4.29. The molecule has 0 fully saturated rings. The average molecular weight is 197 g/mol. The van der Waals surface area contributed by atoms with E-state index < -0.39 is 0 Å². The highest BCUT2D eigenvalue weighted by Gasteiger charge is 1.95. The Morgan fingerprint density at radius 2 is 1.60 bits per heavy atom. The summed E-state index contributed by atoms with van der Waals surface area (Å²) in [6.07, 6.45) is 4.13. The van der Waals surface area contributed by atoms with E-state index in [1.165, 1.54) is 11.1 Å². The second-order valence-corrected chi connectivity index (χ2v) is 3.79. The highest BCUT2D eigenvalue weighted by molar-refractivity contribution is 5.19. The van der Waals surface area contributed by atoms with E-state index in [1.807, 2.05) is 13.1 Å². The van der Waals surface area contributed by atoms with Crippen LogP contribution in [0.4, 0.5) is 0 Å². The van der Waals surface area contributed by atoms with Gasteiger partial charge in [-0.05, 0) is 37.0 Å². The first kappa shape index (κ1) is 9.91. The van der Waals surface area contributed by atoms with E-state index in [9.17, 15) is 0 Å². The number of aryl methyl sites for hydroxylation is 3. The Hall–Kier alpha value is -1.63. The Labute approximate surface area is 90.8 Å². The number of hydrogen-bond donors (Lipinski definition) is 0. The van der Waals surface area contributed by atoms with Crippen molar-refractivity contribution in [2.75, 3.05) is 0 Å². The molecule has 1 aromatic heterocycles. The minimum absolute atomic E-state index is 1.07. The number of rotatable bonds is 3. The van der Waals surface area contributed by atoms with Gasteiger partial charge in [-0.15, -0.1) is 0 Å². The van der Waals surface area contributed by atoms with E-state index in [-0.39, 0.29) is 0 Å². The lowest BCUT2D eigenvalue weighted by atomic mass is 10.1. The van der Waals surface area contributed by atoms with Gasteiger partial charge < -0.3 is 0 Å².